The smallest absolute Gasteiger partial charge is 0.0406 e. The molecule has 0 heterocycles. The van der Waals surface area contributed by atoms with Gasteiger partial charge in [-0.2, -0.15) is 0 Å². The highest BCUT2D eigenvalue weighted by molar-refractivity contribution is 6.30. The van der Waals surface area contributed by atoms with Crippen LogP contribution >= 0.6 is 11.6 Å². The maximum atomic E-state index is 5.94. The first-order valence-corrected chi connectivity index (χ1v) is 8.07. The van der Waals surface area contributed by atoms with E-state index in [0.717, 1.165) is 10.9 Å². The number of rotatable bonds is 4. The van der Waals surface area contributed by atoms with Crippen LogP contribution in [0.15, 0.2) is 48.5 Å². The molecular formula is C19H22ClN. The number of halogens is 1. The Bertz CT molecular complexity index is 599. The lowest BCUT2D eigenvalue weighted by atomic mass is 9.75. The maximum absolute atomic E-state index is 5.94. The Hall–Kier alpha value is -1.31. The third-order valence-corrected chi connectivity index (χ3v) is 4.76. The van der Waals surface area contributed by atoms with E-state index in [9.17, 15) is 0 Å². The summed E-state index contributed by atoms with van der Waals surface area (Å²) in [6.45, 7) is 4.39. The van der Waals surface area contributed by atoms with Crippen LogP contribution in [0.4, 0.5) is 0 Å². The zero-order chi connectivity index (χ0) is 14.8. The van der Waals surface area contributed by atoms with E-state index in [4.69, 9.17) is 11.6 Å². The van der Waals surface area contributed by atoms with Crippen molar-refractivity contribution in [3.05, 3.63) is 70.2 Å². The summed E-state index contributed by atoms with van der Waals surface area (Å²) in [5, 5.41) is 4.52. The fourth-order valence-electron chi connectivity index (χ4n) is 3.15. The molecule has 0 radical (unpaired) electrons. The number of benzene rings is 2. The molecule has 1 atom stereocenters. The standard InChI is InChI=1S/C19H22ClN/c1-13-4-3-5-16(10-13)17-11-19(12-17)21-14(2)15-6-8-18(20)9-7-15/h3-10,14,17,19,21H,11-12H2,1-2H3/t14-,17?,19?/m0/s1. The van der Waals surface area contributed by atoms with Gasteiger partial charge in [-0.15, -0.1) is 0 Å². The number of hydrogen-bond donors (Lipinski definition) is 1. The zero-order valence-corrected chi connectivity index (χ0v) is 13.4. The second-order valence-corrected chi connectivity index (χ2v) is 6.66. The minimum absolute atomic E-state index is 0.380. The monoisotopic (exact) mass is 299 g/mol. The molecule has 1 nitrogen and oxygen atoms in total. The molecule has 0 unspecified atom stereocenters. The van der Waals surface area contributed by atoms with Gasteiger partial charge in [0.15, 0.2) is 0 Å². The first kappa shape index (κ1) is 14.6. The molecule has 0 saturated heterocycles. The fraction of sp³-hybridized carbons (Fsp3) is 0.368. The largest absolute Gasteiger partial charge is 0.307 e. The molecule has 0 aromatic heterocycles. The van der Waals surface area contributed by atoms with Crippen LogP contribution in [0.1, 0.15) is 48.4 Å². The molecular weight excluding hydrogens is 278 g/mol. The zero-order valence-electron chi connectivity index (χ0n) is 12.6. The van der Waals surface area contributed by atoms with Gasteiger partial charge in [-0.3, -0.25) is 0 Å². The van der Waals surface area contributed by atoms with Crippen LogP contribution in [0.5, 0.6) is 0 Å². The van der Waals surface area contributed by atoms with Gasteiger partial charge in [-0.05, 0) is 55.9 Å². The van der Waals surface area contributed by atoms with Gasteiger partial charge in [0.1, 0.15) is 0 Å². The number of aryl methyl sites for hydroxylation is 1. The van der Waals surface area contributed by atoms with E-state index in [-0.39, 0.29) is 0 Å². The van der Waals surface area contributed by atoms with Crippen LogP contribution in [0.2, 0.25) is 5.02 Å². The van der Waals surface area contributed by atoms with Crippen molar-refractivity contribution in [3.63, 3.8) is 0 Å². The Morgan fingerprint density at radius 3 is 2.48 bits per heavy atom. The van der Waals surface area contributed by atoms with Gasteiger partial charge in [-0.1, -0.05) is 53.6 Å². The summed E-state index contributed by atoms with van der Waals surface area (Å²) in [6, 6.07) is 18.1. The van der Waals surface area contributed by atoms with Crippen LogP contribution in [0, 0.1) is 6.92 Å². The second-order valence-electron chi connectivity index (χ2n) is 6.22. The molecule has 1 aliphatic carbocycles. The van der Waals surface area contributed by atoms with Gasteiger partial charge in [0.25, 0.3) is 0 Å². The van der Waals surface area contributed by atoms with Gasteiger partial charge in [0.05, 0.1) is 0 Å². The number of nitrogens with one attached hydrogen (secondary N) is 1. The van der Waals surface area contributed by atoms with Crippen molar-refractivity contribution in [2.24, 2.45) is 0 Å². The summed E-state index contributed by atoms with van der Waals surface area (Å²) in [5.41, 5.74) is 4.16. The van der Waals surface area contributed by atoms with E-state index < -0.39 is 0 Å². The number of hydrogen-bond acceptors (Lipinski definition) is 1. The second kappa shape index (κ2) is 6.21. The minimum Gasteiger partial charge on any atom is -0.307 e. The third-order valence-electron chi connectivity index (χ3n) is 4.51. The summed E-state index contributed by atoms with van der Waals surface area (Å²) in [5.74, 6) is 0.722. The predicted octanol–water partition coefficient (Wildman–Crippen LogP) is 5.25. The highest BCUT2D eigenvalue weighted by Gasteiger charge is 2.31. The average Bonchev–Trinajstić information content (AvgIpc) is 2.43. The summed E-state index contributed by atoms with van der Waals surface area (Å²) in [4.78, 5) is 0. The predicted molar refractivity (Wildman–Crippen MR) is 89.9 cm³/mol. The first-order chi connectivity index (χ1) is 10.1. The Balaban J connectivity index is 1.54. The molecule has 0 amide bonds. The lowest BCUT2D eigenvalue weighted by Gasteiger charge is -2.38. The molecule has 21 heavy (non-hydrogen) atoms. The molecule has 110 valence electrons. The van der Waals surface area contributed by atoms with E-state index >= 15 is 0 Å². The van der Waals surface area contributed by atoms with Gasteiger partial charge < -0.3 is 5.32 Å². The molecule has 0 spiro atoms. The molecule has 2 aromatic carbocycles. The van der Waals surface area contributed by atoms with Crippen molar-refractivity contribution in [1.82, 2.24) is 5.32 Å². The van der Waals surface area contributed by atoms with E-state index in [1.54, 1.807) is 0 Å². The highest BCUT2D eigenvalue weighted by Crippen LogP contribution is 2.38. The van der Waals surface area contributed by atoms with Crippen LogP contribution in [-0.4, -0.2) is 6.04 Å². The van der Waals surface area contributed by atoms with E-state index in [1.807, 2.05) is 12.1 Å². The van der Waals surface area contributed by atoms with Gasteiger partial charge in [-0.25, -0.2) is 0 Å². The van der Waals surface area contributed by atoms with Crippen molar-refractivity contribution in [2.75, 3.05) is 0 Å². The molecule has 1 N–H and O–H groups in total. The van der Waals surface area contributed by atoms with Gasteiger partial charge >= 0.3 is 0 Å². The van der Waals surface area contributed by atoms with Crippen LogP contribution in [0.3, 0.4) is 0 Å². The lowest BCUT2D eigenvalue weighted by molar-refractivity contribution is 0.271. The van der Waals surface area contributed by atoms with Gasteiger partial charge in [0, 0.05) is 17.1 Å². The Kier molecular flexibility index (Phi) is 4.32. The lowest BCUT2D eigenvalue weighted by Crippen LogP contribution is -2.41. The molecule has 0 bridgehead atoms. The molecule has 0 aliphatic heterocycles. The third kappa shape index (κ3) is 3.48. The van der Waals surface area contributed by atoms with E-state index in [1.165, 1.54) is 29.5 Å². The van der Waals surface area contributed by atoms with Crippen molar-refractivity contribution in [2.45, 2.75) is 44.7 Å². The molecule has 2 aromatic rings. The normalized spacial score (nSPS) is 22.6. The first-order valence-electron chi connectivity index (χ1n) is 7.70. The Morgan fingerprint density at radius 2 is 1.81 bits per heavy atom. The van der Waals surface area contributed by atoms with Crippen LogP contribution < -0.4 is 5.32 Å². The molecule has 3 rings (SSSR count). The van der Waals surface area contributed by atoms with Crippen LogP contribution in [0.25, 0.3) is 0 Å². The Morgan fingerprint density at radius 1 is 1.10 bits per heavy atom. The van der Waals surface area contributed by atoms with Gasteiger partial charge in [0.2, 0.25) is 0 Å². The van der Waals surface area contributed by atoms with Crippen molar-refractivity contribution >= 4 is 11.6 Å². The molecule has 1 aliphatic rings. The van der Waals surface area contributed by atoms with Crippen molar-refractivity contribution in [1.29, 1.82) is 0 Å². The SMILES string of the molecule is Cc1cccc(C2CC(N[C@@H](C)c3ccc(Cl)cc3)C2)c1. The molecule has 1 fully saturated rings. The summed E-state index contributed by atoms with van der Waals surface area (Å²) >= 11 is 5.94. The van der Waals surface area contributed by atoms with Crippen LogP contribution in [-0.2, 0) is 0 Å². The van der Waals surface area contributed by atoms with Crippen molar-refractivity contribution < 1.29 is 0 Å². The summed E-state index contributed by atoms with van der Waals surface area (Å²) in [6.07, 6.45) is 2.47. The molecule has 1 saturated carbocycles. The quantitative estimate of drug-likeness (QED) is 0.813. The minimum atomic E-state index is 0.380. The fourth-order valence-corrected chi connectivity index (χ4v) is 3.28. The summed E-state index contributed by atoms with van der Waals surface area (Å²) < 4.78 is 0. The average molecular weight is 300 g/mol. The summed E-state index contributed by atoms with van der Waals surface area (Å²) in [7, 11) is 0. The highest BCUT2D eigenvalue weighted by atomic mass is 35.5. The molecule has 2 heteroatoms. The van der Waals surface area contributed by atoms with Crippen molar-refractivity contribution in [3.8, 4) is 0 Å². The topological polar surface area (TPSA) is 12.0 Å². The maximum Gasteiger partial charge on any atom is 0.0406 e. The van der Waals surface area contributed by atoms with E-state index in [0.29, 0.717) is 12.1 Å². The van der Waals surface area contributed by atoms with E-state index in [2.05, 4.69) is 55.6 Å². The Labute approximate surface area is 132 Å².